The van der Waals surface area contributed by atoms with E-state index < -0.39 is 21.8 Å². The Balaban J connectivity index is 2.12. The van der Waals surface area contributed by atoms with Gasteiger partial charge in [-0.15, -0.1) is 0 Å². The standard InChI is InChI=1S/C13H20N4O3S/c1-21(19,20)17-7-6-16(8-11(9-17)13(14)18)10-12-4-2-3-5-15-12/h2-5,11H,6-10H2,1H3,(H2,14,18)/t11-/m1/s1. The molecule has 0 spiro atoms. The van der Waals surface area contributed by atoms with Gasteiger partial charge in [0.15, 0.2) is 0 Å². The van der Waals surface area contributed by atoms with Gasteiger partial charge in [-0.05, 0) is 12.1 Å². The monoisotopic (exact) mass is 312 g/mol. The van der Waals surface area contributed by atoms with Crippen LogP contribution in [0.25, 0.3) is 0 Å². The summed E-state index contributed by atoms with van der Waals surface area (Å²) >= 11 is 0. The summed E-state index contributed by atoms with van der Waals surface area (Å²) in [5, 5.41) is 0. The summed E-state index contributed by atoms with van der Waals surface area (Å²) in [5.41, 5.74) is 6.28. The maximum Gasteiger partial charge on any atom is 0.223 e. The molecule has 2 heterocycles. The number of hydrogen-bond acceptors (Lipinski definition) is 5. The van der Waals surface area contributed by atoms with Crippen molar-refractivity contribution in [2.75, 3.05) is 32.4 Å². The minimum absolute atomic E-state index is 0.146. The number of nitrogens with zero attached hydrogens (tertiary/aromatic N) is 3. The van der Waals surface area contributed by atoms with Gasteiger partial charge in [0.1, 0.15) is 0 Å². The van der Waals surface area contributed by atoms with Crippen molar-refractivity contribution >= 4 is 15.9 Å². The summed E-state index contributed by atoms with van der Waals surface area (Å²) in [6.45, 7) is 2.07. The molecule has 0 saturated carbocycles. The molecule has 1 fully saturated rings. The third-order valence-electron chi connectivity index (χ3n) is 3.55. The number of primary amides is 1. The molecule has 0 unspecified atom stereocenters. The first kappa shape index (κ1) is 15.9. The summed E-state index contributed by atoms with van der Waals surface area (Å²) in [5.74, 6) is -0.984. The average molecular weight is 312 g/mol. The zero-order valence-corrected chi connectivity index (χ0v) is 12.8. The fourth-order valence-electron chi connectivity index (χ4n) is 2.40. The molecule has 8 heteroatoms. The van der Waals surface area contributed by atoms with Gasteiger partial charge < -0.3 is 5.73 Å². The number of aromatic nitrogens is 1. The molecule has 21 heavy (non-hydrogen) atoms. The number of sulfonamides is 1. The van der Waals surface area contributed by atoms with E-state index in [1.807, 2.05) is 23.1 Å². The molecule has 7 nitrogen and oxygen atoms in total. The lowest BCUT2D eigenvalue weighted by Gasteiger charge is -2.21. The van der Waals surface area contributed by atoms with E-state index in [9.17, 15) is 13.2 Å². The lowest BCUT2D eigenvalue weighted by Crippen LogP contribution is -2.40. The molecule has 0 aromatic carbocycles. The van der Waals surface area contributed by atoms with E-state index in [4.69, 9.17) is 5.73 Å². The van der Waals surface area contributed by atoms with Crippen LogP contribution >= 0.6 is 0 Å². The quantitative estimate of drug-likeness (QED) is 0.790. The van der Waals surface area contributed by atoms with Crippen LogP contribution in [0.15, 0.2) is 24.4 Å². The van der Waals surface area contributed by atoms with Gasteiger partial charge in [-0.1, -0.05) is 6.07 Å². The van der Waals surface area contributed by atoms with E-state index >= 15 is 0 Å². The highest BCUT2D eigenvalue weighted by molar-refractivity contribution is 7.88. The molecule has 1 aliphatic rings. The van der Waals surface area contributed by atoms with Crippen molar-refractivity contribution in [3.8, 4) is 0 Å². The Morgan fingerprint density at radius 2 is 2.14 bits per heavy atom. The van der Waals surface area contributed by atoms with Crippen LogP contribution < -0.4 is 5.73 Å². The Morgan fingerprint density at radius 3 is 2.71 bits per heavy atom. The van der Waals surface area contributed by atoms with Crippen LogP contribution in [-0.2, 0) is 21.4 Å². The normalized spacial score (nSPS) is 21.9. The van der Waals surface area contributed by atoms with Crippen LogP contribution in [0.4, 0.5) is 0 Å². The second-order valence-corrected chi connectivity index (χ2v) is 7.26. The minimum Gasteiger partial charge on any atom is -0.369 e. The first-order valence-corrected chi connectivity index (χ1v) is 8.58. The van der Waals surface area contributed by atoms with Crippen LogP contribution in [0.3, 0.4) is 0 Å². The lowest BCUT2D eigenvalue weighted by molar-refractivity contribution is -0.122. The fraction of sp³-hybridized carbons (Fsp3) is 0.538. The molecule has 2 rings (SSSR count). The summed E-state index contributed by atoms with van der Waals surface area (Å²) in [6.07, 6.45) is 2.86. The minimum atomic E-state index is -3.33. The van der Waals surface area contributed by atoms with Crippen molar-refractivity contribution in [2.24, 2.45) is 11.7 Å². The molecule has 0 radical (unpaired) electrons. The fourth-order valence-corrected chi connectivity index (χ4v) is 3.26. The lowest BCUT2D eigenvalue weighted by atomic mass is 10.1. The molecular weight excluding hydrogens is 292 g/mol. The molecule has 1 saturated heterocycles. The van der Waals surface area contributed by atoms with Gasteiger partial charge in [0.05, 0.1) is 17.9 Å². The Labute approximate surface area is 124 Å². The van der Waals surface area contributed by atoms with Gasteiger partial charge in [0.25, 0.3) is 0 Å². The number of carbonyl (C=O) groups is 1. The van der Waals surface area contributed by atoms with Crippen LogP contribution in [-0.4, -0.2) is 60.9 Å². The first-order chi connectivity index (χ1) is 9.86. The van der Waals surface area contributed by atoms with E-state index in [1.165, 1.54) is 4.31 Å². The van der Waals surface area contributed by atoms with E-state index in [2.05, 4.69) is 4.98 Å². The second kappa shape index (κ2) is 6.50. The summed E-state index contributed by atoms with van der Waals surface area (Å²) < 4.78 is 24.8. The van der Waals surface area contributed by atoms with Crippen molar-refractivity contribution in [1.82, 2.24) is 14.2 Å². The van der Waals surface area contributed by atoms with Crippen molar-refractivity contribution in [3.63, 3.8) is 0 Å². The third kappa shape index (κ3) is 4.48. The Hall–Kier alpha value is -1.51. The first-order valence-electron chi connectivity index (χ1n) is 6.73. The molecule has 1 aromatic heterocycles. The average Bonchev–Trinajstić information content (AvgIpc) is 2.62. The summed E-state index contributed by atoms with van der Waals surface area (Å²) in [7, 11) is -3.33. The van der Waals surface area contributed by atoms with Crippen LogP contribution in [0.5, 0.6) is 0 Å². The van der Waals surface area contributed by atoms with Gasteiger partial charge in [0.2, 0.25) is 15.9 Å². The number of pyridine rings is 1. The molecule has 0 aliphatic carbocycles. The van der Waals surface area contributed by atoms with E-state index in [-0.39, 0.29) is 6.54 Å². The predicted molar refractivity (Wildman–Crippen MR) is 78.6 cm³/mol. The molecule has 116 valence electrons. The summed E-state index contributed by atoms with van der Waals surface area (Å²) in [6, 6.07) is 5.64. The molecule has 1 atom stereocenters. The van der Waals surface area contributed by atoms with Crippen LogP contribution in [0.1, 0.15) is 5.69 Å². The molecule has 0 bridgehead atoms. The number of hydrogen-bond donors (Lipinski definition) is 1. The van der Waals surface area contributed by atoms with E-state index in [0.29, 0.717) is 26.2 Å². The van der Waals surface area contributed by atoms with Gasteiger partial charge in [0, 0.05) is 38.9 Å². The van der Waals surface area contributed by atoms with E-state index in [1.54, 1.807) is 6.20 Å². The maximum absolute atomic E-state index is 11.7. The Bertz CT molecular complexity index is 591. The number of nitrogens with two attached hydrogens (primary N) is 1. The maximum atomic E-state index is 11.7. The number of carbonyl (C=O) groups excluding carboxylic acids is 1. The van der Waals surface area contributed by atoms with Crippen molar-refractivity contribution in [1.29, 1.82) is 0 Å². The van der Waals surface area contributed by atoms with Crippen molar-refractivity contribution < 1.29 is 13.2 Å². The molecule has 2 N–H and O–H groups in total. The molecule has 1 aromatic rings. The van der Waals surface area contributed by atoms with Crippen molar-refractivity contribution in [3.05, 3.63) is 30.1 Å². The van der Waals surface area contributed by atoms with E-state index in [0.717, 1.165) is 11.9 Å². The zero-order valence-electron chi connectivity index (χ0n) is 12.0. The highest BCUT2D eigenvalue weighted by Gasteiger charge is 2.30. The van der Waals surface area contributed by atoms with Crippen LogP contribution in [0.2, 0.25) is 0 Å². The Morgan fingerprint density at radius 1 is 1.38 bits per heavy atom. The molecule has 1 aliphatic heterocycles. The SMILES string of the molecule is CS(=O)(=O)N1CCN(Cc2ccccn2)C[C@@H](C(N)=O)C1. The van der Waals surface area contributed by atoms with Crippen LogP contribution in [0, 0.1) is 5.92 Å². The third-order valence-corrected chi connectivity index (χ3v) is 4.82. The molecule has 1 amide bonds. The zero-order chi connectivity index (χ0) is 15.5. The van der Waals surface area contributed by atoms with Gasteiger partial charge in [-0.2, -0.15) is 0 Å². The topological polar surface area (TPSA) is 96.6 Å². The number of rotatable bonds is 4. The Kier molecular flexibility index (Phi) is 4.92. The second-order valence-electron chi connectivity index (χ2n) is 5.28. The molecular formula is C13H20N4O3S. The smallest absolute Gasteiger partial charge is 0.223 e. The van der Waals surface area contributed by atoms with Gasteiger partial charge >= 0.3 is 0 Å². The summed E-state index contributed by atoms with van der Waals surface area (Å²) in [4.78, 5) is 17.8. The number of amides is 1. The largest absolute Gasteiger partial charge is 0.369 e. The highest BCUT2D eigenvalue weighted by atomic mass is 32.2. The van der Waals surface area contributed by atoms with Crippen molar-refractivity contribution in [2.45, 2.75) is 6.54 Å². The predicted octanol–water partition coefficient (Wildman–Crippen LogP) is -0.740. The highest BCUT2D eigenvalue weighted by Crippen LogP contribution is 2.14. The van der Waals surface area contributed by atoms with Gasteiger partial charge in [-0.3, -0.25) is 14.7 Å². The van der Waals surface area contributed by atoms with Gasteiger partial charge in [-0.25, -0.2) is 12.7 Å².